The molecule has 74 valence electrons. The fourth-order valence-electron chi connectivity index (χ4n) is 1.00. The molecule has 0 aliphatic heterocycles. The number of carboxylic acids is 1. The van der Waals surface area contributed by atoms with E-state index in [0.29, 0.717) is 5.56 Å². The van der Waals surface area contributed by atoms with Crippen molar-refractivity contribution in [3.8, 4) is 0 Å². The van der Waals surface area contributed by atoms with E-state index in [2.05, 4.69) is 10.3 Å². The summed E-state index contributed by atoms with van der Waals surface area (Å²) in [5, 5.41) is 8.79. The molecule has 0 fully saturated rings. The number of nitrogens with one attached hydrogen (secondary N) is 1. The van der Waals surface area contributed by atoms with E-state index in [9.17, 15) is 9.59 Å². The summed E-state index contributed by atoms with van der Waals surface area (Å²) in [6, 6.07) is 7.38. The van der Waals surface area contributed by atoms with Crippen LogP contribution in [0, 0.1) is 0 Å². The maximum absolute atomic E-state index is 10.7. The van der Waals surface area contributed by atoms with Crippen LogP contribution in [0.3, 0.4) is 0 Å². The molecule has 0 saturated carbocycles. The first kappa shape index (κ1) is 10.2. The SMILES string of the molecule is O=CON[C@H](C(=O)O)c1ccccc1. The van der Waals surface area contributed by atoms with Gasteiger partial charge in [-0.15, -0.1) is 5.48 Å². The van der Waals surface area contributed by atoms with Crippen LogP contribution in [0.15, 0.2) is 30.3 Å². The highest BCUT2D eigenvalue weighted by Gasteiger charge is 2.19. The molecule has 0 aliphatic carbocycles. The molecule has 0 aliphatic rings. The average molecular weight is 195 g/mol. The van der Waals surface area contributed by atoms with Gasteiger partial charge in [0.15, 0.2) is 6.04 Å². The zero-order valence-corrected chi connectivity index (χ0v) is 7.21. The van der Waals surface area contributed by atoms with E-state index in [1.807, 2.05) is 0 Å². The first-order valence-corrected chi connectivity index (χ1v) is 3.88. The molecule has 0 bridgehead atoms. The van der Waals surface area contributed by atoms with Gasteiger partial charge in [0.05, 0.1) is 0 Å². The first-order valence-electron chi connectivity index (χ1n) is 3.88. The molecule has 2 N–H and O–H groups in total. The monoisotopic (exact) mass is 195 g/mol. The predicted octanol–water partition coefficient (Wildman–Crippen LogP) is 0.490. The number of benzene rings is 1. The summed E-state index contributed by atoms with van der Waals surface area (Å²) in [6.07, 6.45) is 0. The van der Waals surface area contributed by atoms with Crippen LogP contribution in [0.25, 0.3) is 0 Å². The highest BCUT2D eigenvalue weighted by molar-refractivity contribution is 5.75. The summed E-state index contributed by atoms with van der Waals surface area (Å²) >= 11 is 0. The third kappa shape index (κ3) is 2.56. The molecule has 1 atom stereocenters. The van der Waals surface area contributed by atoms with Gasteiger partial charge in [-0.25, -0.2) is 0 Å². The zero-order valence-electron chi connectivity index (χ0n) is 7.21. The highest BCUT2D eigenvalue weighted by atomic mass is 16.7. The normalized spacial score (nSPS) is 11.7. The number of aliphatic carboxylic acids is 1. The Balaban J connectivity index is 2.78. The van der Waals surface area contributed by atoms with Crippen molar-refractivity contribution in [2.24, 2.45) is 0 Å². The first-order chi connectivity index (χ1) is 6.75. The van der Waals surface area contributed by atoms with Crippen LogP contribution in [0.5, 0.6) is 0 Å². The number of hydrogen-bond acceptors (Lipinski definition) is 4. The van der Waals surface area contributed by atoms with Crippen LogP contribution < -0.4 is 5.48 Å². The Morgan fingerprint density at radius 3 is 2.57 bits per heavy atom. The Bertz CT molecular complexity index is 312. The quantitative estimate of drug-likeness (QED) is 0.528. The summed E-state index contributed by atoms with van der Waals surface area (Å²) in [4.78, 5) is 24.8. The molecule has 14 heavy (non-hydrogen) atoms. The standard InChI is InChI=1S/C9H9NO4/c11-6-14-10-8(9(12)13)7-4-2-1-3-5-7/h1-6,8,10H,(H,12,13)/t8-/m0/s1. The lowest BCUT2D eigenvalue weighted by molar-refractivity contribution is -0.148. The largest absolute Gasteiger partial charge is 0.480 e. The van der Waals surface area contributed by atoms with E-state index in [4.69, 9.17) is 5.11 Å². The van der Waals surface area contributed by atoms with Crippen LogP contribution in [0.2, 0.25) is 0 Å². The van der Waals surface area contributed by atoms with Gasteiger partial charge in [-0.2, -0.15) is 0 Å². The number of carbonyl (C=O) groups excluding carboxylic acids is 1. The zero-order chi connectivity index (χ0) is 10.4. The van der Waals surface area contributed by atoms with Crippen molar-refractivity contribution in [2.75, 3.05) is 0 Å². The molecule has 0 heterocycles. The van der Waals surface area contributed by atoms with Crippen molar-refractivity contribution < 1.29 is 19.5 Å². The smallest absolute Gasteiger partial charge is 0.328 e. The van der Waals surface area contributed by atoms with Crippen molar-refractivity contribution in [1.29, 1.82) is 0 Å². The Morgan fingerprint density at radius 1 is 1.43 bits per heavy atom. The fraction of sp³-hybridized carbons (Fsp3) is 0.111. The average Bonchev–Trinajstić information content (AvgIpc) is 2.19. The van der Waals surface area contributed by atoms with Crippen LogP contribution in [-0.4, -0.2) is 17.5 Å². The lowest BCUT2D eigenvalue weighted by atomic mass is 10.1. The summed E-state index contributed by atoms with van der Waals surface area (Å²) in [5.74, 6) is -1.11. The van der Waals surface area contributed by atoms with E-state index < -0.39 is 12.0 Å². The molecule has 1 rings (SSSR count). The minimum atomic E-state index is -1.11. The van der Waals surface area contributed by atoms with Gasteiger partial charge in [0.2, 0.25) is 0 Å². The van der Waals surface area contributed by atoms with Gasteiger partial charge < -0.3 is 9.94 Å². The molecule has 5 heteroatoms. The van der Waals surface area contributed by atoms with E-state index in [1.54, 1.807) is 30.3 Å². The van der Waals surface area contributed by atoms with Crippen LogP contribution in [-0.2, 0) is 14.4 Å². The van der Waals surface area contributed by atoms with Crippen molar-refractivity contribution in [2.45, 2.75) is 6.04 Å². The third-order valence-electron chi connectivity index (χ3n) is 1.61. The van der Waals surface area contributed by atoms with E-state index in [1.165, 1.54) is 0 Å². The van der Waals surface area contributed by atoms with E-state index in [0.717, 1.165) is 0 Å². The Morgan fingerprint density at radius 2 is 2.07 bits per heavy atom. The molecule has 1 aromatic carbocycles. The third-order valence-corrected chi connectivity index (χ3v) is 1.61. The molecule has 1 aromatic rings. The Kier molecular flexibility index (Phi) is 3.63. The van der Waals surface area contributed by atoms with E-state index in [-0.39, 0.29) is 6.47 Å². The molecule has 0 aromatic heterocycles. The Labute approximate surface area is 80.3 Å². The molecular weight excluding hydrogens is 186 g/mol. The summed E-state index contributed by atoms with van der Waals surface area (Å²) in [5.41, 5.74) is 2.63. The van der Waals surface area contributed by atoms with Gasteiger partial charge in [-0.1, -0.05) is 30.3 Å². The number of hydrogen-bond donors (Lipinski definition) is 2. The van der Waals surface area contributed by atoms with Crippen molar-refractivity contribution in [1.82, 2.24) is 5.48 Å². The number of rotatable bonds is 5. The van der Waals surface area contributed by atoms with Crippen LogP contribution in [0.1, 0.15) is 11.6 Å². The van der Waals surface area contributed by atoms with Gasteiger partial charge in [-0.05, 0) is 5.56 Å². The summed E-state index contributed by atoms with van der Waals surface area (Å²) < 4.78 is 0. The lowest BCUT2D eigenvalue weighted by Crippen LogP contribution is -2.28. The van der Waals surface area contributed by atoms with Crippen LogP contribution in [0.4, 0.5) is 0 Å². The topological polar surface area (TPSA) is 75.6 Å². The number of carbonyl (C=O) groups is 2. The van der Waals surface area contributed by atoms with Crippen molar-refractivity contribution in [3.05, 3.63) is 35.9 Å². The minimum absolute atomic E-state index is 0.138. The minimum Gasteiger partial charge on any atom is -0.480 e. The molecule has 5 nitrogen and oxygen atoms in total. The molecule has 0 amide bonds. The predicted molar refractivity (Wildman–Crippen MR) is 47.1 cm³/mol. The molecular formula is C9H9NO4. The fourth-order valence-corrected chi connectivity index (χ4v) is 1.00. The van der Waals surface area contributed by atoms with Gasteiger partial charge in [0, 0.05) is 0 Å². The second kappa shape index (κ2) is 4.98. The Hall–Kier alpha value is -1.88. The van der Waals surface area contributed by atoms with Crippen molar-refractivity contribution >= 4 is 12.4 Å². The maximum Gasteiger partial charge on any atom is 0.328 e. The molecule has 0 spiro atoms. The maximum atomic E-state index is 10.7. The second-order valence-corrected chi connectivity index (χ2v) is 2.51. The highest BCUT2D eigenvalue weighted by Crippen LogP contribution is 2.11. The molecule has 0 radical (unpaired) electrons. The van der Waals surface area contributed by atoms with Crippen LogP contribution >= 0.6 is 0 Å². The summed E-state index contributed by atoms with van der Waals surface area (Å²) in [6.45, 7) is 0.138. The summed E-state index contributed by atoms with van der Waals surface area (Å²) in [7, 11) is 0. The number of carboxylic acid groups (broad SMARTS) is 1. The van der Waals surface area contributed by atoms with Crippen molar-refractivity contribution in [3.63, 3.8) is 0 Å². The lowest BCUT2D eigenvalue weighted by Gasteiger charge is -2.11. The molecule has 0 saturated heterocycles. The second-order valence-electron chi connectivity index (χ2n) is 2.51. The van der Waals surface area contributed by atoms with Gasteiger partial charge in [0.25, 0.3) is 0 Å². The van der Waals surface area contributed by atoms with Gasteiger partial charge in [0.1, 0.15) is 0 Å². The van der Waals surface area contributed by atoms with Gasteiger partial charge in [-0.3, -0.25) is 9.59 Å². The van der Waals surface area contributed by atoms with E-state index >= 15 is 0 Å². The van der Waals surface area contributed by atoms with Gasteiger partial charge >= 0.3 is 12.4 Å². The number of hydroxylamine groups is 1. The molecule has 0 unspecified atom stereocenters.